The Bertz CT molecular complexity index is 452. The molecular formula is C13H17ClF2N2O2. The molecule has 1 amide bonds. The van der Waals surface area contributed by atoms with E-state index in [1.165, 1.54) is 18.2 Å². The van der Waals surface area contributed by atoms with Gasteiger partial charge in [-0.25, -0.2) is 0 Å². The summed E-state index contributed by atoms with van der Waals surface area (Å²) in [5, 5.41) is 0. The van der Waals surface area contributed by atoms with Gasteiger partial charge in [-0.15, -0.1) is 12.4 Å². The van der Waals surface area contributed by atoms with Gasteiger partial charge in [0.05, 0.1) is 0 Å². The maximum absolute atomic E-state index is 12.2. The van der Waals surface area contributed by atoms with Crippen molar-refractivity contribution in [3.63, 3.8) is 0 Å². The number of hydrogen-bond donors (Lipinski definition) is 1. The van der Waals surface area contributed by atoms with Crippen molar-refractivity contribution < 1.29 is 18.3 Å². The largest absolute Gasteiger partial charge is 0.435 e. The van der Waals surface area contributed by atoms with E-state index in [1.54, 1.807) is 11.0 Å². The molecule has 0 radical (unpaired) electrons. The molecule has 2 N–H and O–H groups in total. The minimum Gasteiger partial charge on any atom is -0.435 e. The van der Waals surface area contributed by atoms with Crippen LogP contribution < -0.4 is 10.5 Å². The first-order valence-electron chi connectivity index (χ1n) is 6.16. The molecule has 1 aliphatic heterocycles. The summed E-state index contributed by atoms with van der Waals surface area (Å²) >= 11 is 0. The molecule has 1 aromatic rings. The SMILES string of the molecule is Cl.NC1CCN(C(=O)c2cccc(OC(F)F)c2)CC1. The van der Waals surface area contributed by atoms with E-state index >= 15 is 0 Å². The Balaban J connectivity index is 0.00000200. The number of nitrogens with zero attached hydrogens (tertiary/aromatic N) is 1. The van der Waals surface area contributed by atoms with Gasteiger partial charge in [-0.1, -0.05) is 6.07 Å². The van der Waals surface area contributed by atoms with Gasteiger partial charge in [0, 0.05) is 24.7 Å². The predicted molar refractivity (Wildman–Crippen MR) is 73.4 cm³/mol. The van der Waals surface area contributed by atoms with Crippen molar-refractivity contribution in [2.75, 3.05) is 13.1 Å². The predicted octanol–water partition coefficient (Wildman–Crippen LogP) is 2.27. The first kappa shape index (κ1) is 16.7. The lowest BCUT2D eigenvalue weighted by Gasteiger charge is -2.30. The Hall–Kier alpha value is -1.40. The van der Waals surface area contributed by atoms with Crippen LogP contribution in [0, 0.1) is 0 Å². The number of rotatable bonds is 3. The monoisotopic (exact) mass is 306 g/mol. The third-order valence-electron chi connectivity index (χ3n) is 3.13. The quantitative estimate of drug-likeness (QED) is 0.932. The molecule has 0 unspecified atom stereocenters. The normalized spacial score (nSPS) is 15.9. The molecule has 2 rings (SSSR count). The summed E-state index contributed by atoms with van der Waals surface area (Å²) in [5.74, 6) is -0.179. The number of ether oxygens (including phenoxy) is 1. The number of alkyl halides is 2. The van der Waals surface area contributed by atoms with Crippen molar-refractivity contribution >= 4 is 18.3 Å². The lowest BCUT2D eigenvalue weighted by Crippen LogP contribution is -2.42. The van der Waals surface area contributed by atoms with Gasteiger partial charge in [0.2, 0.25) is 0 Å². The number of nitrogens with two attached hydrogens (primary N) is 1. The molecule has 1 heterocycles. The zero-order valence-corrected chi connectivity index (χ0v) is 11.6. The topological polar surface area (TPSA) is 55.6 Å². The minimum absolute atomic E-state index is 0. The number of piperidine rings is 1. The molecule has 7 heteroatoms. The van der Waals surface area contributed by atoms with Crippen LogP contribution in [0.1, 0.15) is 23.2 Å². The van der Waals surface area contributed by atoms with E-state index < -0.39 is 6.61 Å². The van der Waals surface area contributed by atoms with Crippen molar-refractivity contribution in [3.05, 3.63) is 29.8 Å². The van der Waals surface area contributed by atoms with E-state index in [-0.39, 0.29) is 30.1 Å². The standard InChI is InChI=1S/C13H16F2N2O2.ClH/c14-13(15)19-11-3-1-2-9(8-11)12(18)17-6-4-10(16)5-7-17;/h1-3,8,10,13H,4-7,16H2;1H. The molecule has 0 saturated carbocycles. The van der Waals surface area contributed by atoms with E-state index in [0.29, 0.717) is 18.7 Å². The fourth-order valence-corrected chi connectivity index (χ4v) is 2.09. The fourth-order valence-electron chi connectivity index (χ4n) is 2.09. The van der Waals surface area contributed by atoms with Crippen molar-refractivity contribution in [2.24, 2.45) is 5.73 Å². The average Bonchev–Trinajstić information content (AvgIpc) is 2.38. The van der Waals surface area contributed by atoms with Crippen LogP contribution in [-0.4, -0.2) is 36.5 Å². The summed E-state index contributed by atoms with van der Waals surface area (Å²) in [6.07, 6.45) is 1.53. The number of amides is 1. The van der Waals surface area contributed by atoms with Crippen LogP contribution in [0.25, 0.3) is 0 Å². The smallest absolute Gasteiger partial charge is 0.387 e. The Morgan fingerprint density at radius 1 is 1.35 bits per heavy atom. The van der Waals surface area contributed by atoms with Crippen molar-refractivity contribution in [1.29, 1.82) is 0 Å². The Labute approximate surface area is 122 Å². The maximum atomic E-state index is 12.2. The second-order valence-corrected chi connectivity index (χ2v) is 4.54. The number of carbonyl (C=O) groups is 1. The number of halogens is 3. The summed E-state index contributed by atoms with van der Waals surface area (Å²) < 4.78 is 28.5. The number of benzene rings is 1. The molecule has 0 spiro atoms. The van der Waals surface area contributed by atoms with Gasteiger partial charge in [-0.05, 0) is 31.0 Å². The number of likely N-dealkylation sites (tertiary alicyclic amines) is 1. The third kappa shape index (κ3) is 4.31. The summed E-state index contributed by atoms with van der Waals surface area (Å²) in [6, 6.07) is 5.99. The van der Waals surface area contributed by atoms with Gasteiger partial charge < -0.3 is 15.4 Å². The summed E-state index contributed by atoms with van der Waals surface area (Å²) in [5.41, 5.74) is 6.13. The molecule has 1 saturated heterocycles. The second kappa shape index (κ2) is 7.40. The molecule has 112 valence electrons. The minimum atomic E-state index is -2.89. The highest BCUT2D eigenvalue weighted by Crippen LogP contribution is 2.19. The van der Waals surface area contributed by atoms with Crippen LogP contribution in [0.2, 0.25) is 0 Å². The third-order valence-corrected chi connectivity index (χ3v) is 3.13. The molecule has 4 nitrogen and oxygen atoms in total. The second-order valence-electron chi connectivity index (χ2n) is 4.54. The van der Waals surface area contributed by atoms with E-state index in [0.717, 1.165) is 12.8 Å². The van der Waals surface area contributed by atoms with E-state index in [4.69, 9.17) is 5.73 Å². The van der Waals surface area contributed by atoms with Gasteiger partial charge in [0.15, 0.2) is 0 Å². The van der Waals surface area contributed by atoms with Crippen molar-refractivity contribution in [2.45, 2.75) is 25.5 Å². The van der Waals surface area contributed by atoms with Crippen LogP contribution >= 0.6 is 12.4 Å². The van der Waals surface area contributed by atoms with Gasteiger partial charge in [-0.3, -0.25) is 4.79 Å². The highest BCUT2D eigenvalue weighted by molar-refractivity contribution is 5.94. The van der Waals surface area contributed by atoms with Gasteiger partial charge in [0.25, 0.3) is 5.91 Å². The van der Waals surface area contributed by atoms with Crippen LogP contribution in [0.5, 0.6) is 5.75 Å². The zero-order valence-electron chi connectivity index (χ0n) is 10.8. The van der Waals surface area contributed by atoms with Crippen LogP contribution in [0.3, 0.4) is 0 Å². The molecule has 1 aromatic carbocycles. The molecule has 1 aliphatic rings. The average molecular weight is 307 g/mol. The number of hydrogen-bond acceptors (Lipinski definition) is 3. The van der Waals surface area contributed by atoms with Gasteiger partial charge in [0.1, 0.15) is 5.75 Å². The fraction of sp³-hybridized carbons (Fsp3) is 0.462. The molecule has 0 atom stereocenters. The molecule has 0 bridgehead atoms. The maximum Gasteiger partial charge on any atom is 0.387 e. The Morgan fingerprint density at radius 2 is 2.00 bits per heavy atom. The zero-order chi connectivity index (χ0) is 13.8. The van der Waals surface area contributed by atoms with Gasteiger partial charge >= 0.3 is 6.61 Å². The summed E-state index contributed by atoms with van der Waals surface area (Å²) in [6.45, 7) is -1.70. The highest BCUT2D eigenvalue weighted by Gasteiger charge is 2.22. The number of carbonyl (C=O) groups excluding carboxylic acids is 1. The van der Waals surface area contributed by atoms with Crippen molar-refractivity contribution in [3.8, 4) is 5.75 Å². The molecular weight excluding hydrogens is 290 g/mol. The highest BCUT2D eigenvalue weighted by atomic mass is 35.5. The van der Waals surface area contributed by atoms with Gasteiger partial charge in [-0.2, -0.15) is 8.78 Å². The first-order chi connectivity index (χ1) is 9.06. The van der Waals surface area contributed by atoms with Crippen molar-refractivity contribution in [1.82, 2.24) is 4.90 Å². The van der Waals surface area contributed by atoms with Crippen LogP contribution in [0.15, 0.2) is 24.3 Å². The summed E-state index contributed by atoms with van der Waals surface area (Å²) in [7, 11) is 0. The van der Waals surface area contributed by atoms with Crippen LogP contribution in [0.4, 0.5) is 8.78 Å². The lowest BCUT2D eigenvalue weighted by atomic mass is 10.0. The summed E-state index contributed by atoms with van der Waals surface area (Å²) in [4.78, 5) is 13.9. The molecule has 0 aromatic heterocycles. The molecule has 1 fully saturated rings. The first-order valence-corrected chi connectivity index (χ1v) is 6.16. The van der Waals surface area contributed by atoms with E-state index in [1.807, 2.05) is 0 Å². The Kier molecular flexibility index (Phi) is 6.16. The Morgan fingerprint density at radius 3 is 2.60 bits per heavy atom. The lowest BCUT2D eigenvalue weighted by molar-refractivity contribution is -0.0499. The van der Waals surface area contributed by atoms with E-state index in [9.17, 15) is 13.6 Å². The van der Waals surface area contributed by atoms with E-state index in [2.05, 4.69) is 4.74 Å². The molecule has 0 aliphatic carbocycles. The van der Waals surface area contributed by atoms with Crippen LogP contribution in [-0.2, 0) is 0 Å². The molecule has 20 heavy (non-hydrogen) atoms.